The molecule has 1 atom stereocenters. The molecule has 0 aliphatic heterocycles. The average molecular weight is 442 g/mol. The molecule has 0 amide bonds. The molecule has 8 heteroatoms. The first-order valence-corrected chi connectivity index (χ1v) is 12.8. The van der Waals surface area contributed by atoms with E-state index >= 15 is 0 Å². The predicted molar refractivity (Wildman–Crippen MR) is 123 cm³/mol. The van der Waals surface area contributed by atoms with Crippen molar-refractivity contribution >= 4 is 21.1 Å². The Morgan fingerprint density at radius 2 is 2.03 bits per heavy atom. The summed E-state index contributed by atoms with van der Waals surface area (Å²) in [6.07, 6.45) is 8.15. The van der Waals surface area contributed by atoms with Gasteiger partial charge < -0.3 is 4.57 Å². The first-order valence-electron chi connectivity index (χ1n) is 11.0. The van der Waals surface area contributed by atoms with Crippen LogP contribution in [0.1, 0.15) is 48.8 Å². The number of hydrogen-bond acceptors (Lipinski definition) is 5. The molecule has 1 aliphatic carbocycles. The maximum atomic E-state index is 11.3. The number of imidazole rings is 1. The van der Waals surface area contributed by atoms with Crippen LogP contribution in [0.5, 0.6) is 0 Å². The summed E-state index contributed by atoms with van der Waals surface area (Å²) in [7, 11) is -0.975. The van der Waals surface area contributed by atoms with Crippen molar-refractivity contribution in [3.63, 3.8) is 0 Å². The van der Waals surface area contributed by atoms with E-state index in [-0.39, 0.29) is 0 Å². The first kappa shape index (κ1) is 21.9. The number of pyridine rings is 1. The molecule has 1 aliphatic rings. The lowest BCUT2D eigenvalue weighted by molar-refractivity contribution is 0.201. The van der Waals surface area contributed by atoms with E-state index in [1.807, 2.05) is 24.4 Å². The zero-order valence-electron chi connectivity index (χ0n) is 18.3. The highest BCUT2D eigenvalue weighted by Gasteiger charge is 2.26. The summed E-state index contributed by atoms with van der Waals surface area (Å²) in [6, 6.07) is 12.7. The van der Waals surface area contributed by atoms with Crippen molar-refractivity contribution in [2.24, 2.45) is 0 Å². The number of aromatic nitrogens is 3. The Kier molecular flexibility index (Phi) is 6.69. The van der Waals surface area contributed by atoms with Crippen molar-refractivity contribution in [1.29, 1.82) is 0 Å². The van der Waals surface area contributed by atoms with Crippen LogP contribution >= 0.6 is 0 Å². The van der Waals surface area contributed by atoms with Crippen LogP contribution in [0.3, 0.4) is 0 Å². The molecule has 0 unspecified atom stereocenters. The van der Waals surface area contributed by atoms with Crippen LogP contribution in [0.25, 0.3) is 11.0 Å². The molecule has 0 saturated carbocycles. The summed E-state index contributed by atoms with van der Waals surface area (Å²) in [5.41, 5.74) is 4.69. The summed E-state index contributed by atoms with van der Waals surface area (Å²) in [6.45, 7) is 2.02. The van der Waals surface area contributed by atoms with Gasteiger partial charge in [0.25, 0.3) is 0 Å². The maximum Gasteiger partial charge on any atom is 0.208 e. The zero-order chi connectivity index (χ0) is 21.8. The van der Waals surface area contributed by atoms with Gasteiger partial charge >= 0.3 is 0 Å². The van der Waals surface area contributed by atoms with Gasteiger partial charge in [-0.25, -0.2) is 18.1 Å². The normalized spacial score (nSPS) is 16.7. The summed E-state index contributed by atoms with van der Waals surface area (Å²) >= 11 is 0. The zero-order valence-corrected chi connectivity index (χ0v) is 19.1. The van der Waals surface area contributed by atoms with Gasteiger partial charge in [0.15, 0.2) is 0 Å². The van der Waals surface area contributed by atoms with Gasteiger partial charge in [-0.1, -0.05) is 18.2 Å². The number of sulfonamides is 1. The Labute approximate surface area is 184 Å². The fourth-order valence-electron chi connectivity index (χ4n) is 4.50. The minimum atomic E-state index is -3.14. The van der Waals surface area contributed by atoms with Crippen LogP contribution < -0.4 is 4.72 Å². The molecule has 0 radical (unpaired) electrons. The lowest BCUT2D eigenvalue weighted by Gasteiger charge is -2.32. The van der Waals surface area contributed by atoms with Gasteiger partial charge in [-0.05, 0) is 62.9 Å². The summed E-state index contributed by atoms with van der Waals surface area (Å²) in [5, 5.41) is 0. The highest BCUT2D eigenvalue weighted by molar-refractivity contribution is 7.88. The Bertz CT molecular complexity index is 1140. The maximum absolute atomic E-state index is 11.3. The molecule has 2 heterocycles. The highest BCUT2D eigenvalue weighted by Crippen LogP contribution is 2.33. The van der Waals surface area contributed by atoms with Gasteiger partial charge in [0.1, 0.15) is 5.82 Å². The number of nitrogens with zero attached hydrogens (tertiary/aromatic N) is 4. The van der Waals surface area contributed by atoms with Crippen LogP contribution in [-0.4, -0.2) is 47.7 Å². The van der Waals surface area contributed by atoms with Crippen molar-refractivity contribution in [2.45, 2.75) is 51.2 Å². The second-order valence-electron chi connectivity index (χ2n) is 8.41. The number of hydrogen-bond donors (Lipinski definition) is 1. The summed E-state index contributed by atoms with van der Waals surface area (Å²) in [4.78, 5) is 12.0. The van der Waals surface area contributed by atoms with Gasteiger partial charge in [-0.2, -0.15) is 0 Å². The molecule has 1 aromatic carbocycles. The number of para-hydroxylation sites is 2. The minimum absolute atomic E-state index is 0.303. The molecule has 0 fully saturated rings. The number of benzene rings is 1. The number of rotatable bonds is 9. The van der Waals surface area contributed by atoms with E-state index in [1.54, 1.807) is 0 Å². The van der Waals surface area contributed by atoms with Crippen molar-refractivity contribution in [2.75, 3.05) is 19.8 Å². The lowest BCUT2D eigenvalue weighted by Crippen LogP contribution is -2.29. The van der Waals surface area contributed by atoms with E-state index in [0.717, 1.165) is 55.6 Å². The van der Waals surface area contributed by atoms with Crippen molar-refractivity contribution in [3.8, 4) is 0 Å². The summed E-state index contributed by atoms with van der Waals surface area (Å²) < 4.78 is 27.4. The van der Waals surface area contributed by atoms with E-state index in [4.69, 9.17) is 9.97 Å². The molecule has 2 aromatic heterocycles. The Morgan fingerprint density at radius 3 is 2.87 bits per heavy atom. The van der Waals surface area contributed by atoms with Crippen molar-refractivity contribution in [3.05, 3.63) is 59.7 Å². The SMILES string of the molecule is CN(Cc1nc2ccccc2n1CCCCNS(C)(=O)=O)[C@H]1CCCc2cccnc21. The first-order chi connectivity index (χ1) is 14.9. The Hall–Kier alpha value is -2.29. The third-order valence-corrected chi connectivity index (χ3v) is 6.72. The number of fused-ring (bicyclic) bond motifs is 2. The molecule has 0 saturated heterocycles. The molecule has 0 bridgehead atoms. The second-order valence-corrected chi connectivity index (χ2v) is 10.2. The van der Waals surface area contributed by atoms with Crippen LogP contribution in [0, 0.1) is 0 Å². The van der Waals surface area contributed by atoms with E-state index in [1.165, 1.54) is 23.9 Å². The topological polar surface area (TPSA) is 80.1 Å². The van der Waals surface area contributed by atoms with Crippen LogP contribution in [0.4, 0.5) is 0 Å². The third kappa shape index (κ3) is 5.31. The molecule has 166 valence electrons. The van der Waals surface area contributed by atoms with Crippen molar-refractivity contribution in [1.82, 2.24) is 24.2 Å². The Balaban J connectivity index is 1.50. The predicted octanol–water partition coefficient (Wildman–Crippen LogP) is 3.27. The Morgan fingerprint density at radius 1 is 1.19 bits per heavy atom. The molecule has 1 N–H and O–H groups in total. The van der Waals surface area contributed by atoms with Gasteiger partial charge in [0, 0.05) is 19.3 Å². The number of aryl methyl sites for hydroxylation is 2. The average Bonchev–Trinajstić information content (AvgIpc) is 3.09. The minimum Gasteiger partial charge on any atom is -0.327 e. The summed E-state index contributed by atoms with van der Waals surface area (Å²) in [5.74, 6) is 1.04. The molecular formula is C23H31N5O2S. The molecular weight excluding hydrogens is 410 g/mol. The van der Waals surface area contributed by atoms with Gasteiger partial charge in [-0.15, -0.1) is 0 Å². The quantitative estimate of drug-likeness (QED) is 0.516. The van der Waals surface area contributed by atoms with Gasteiger partial charge in [0.2, 0.25) is 10.0 Å². The van der Waals surface area contributed by atoms with Gasteiger partial charge in [0.05, 0.1) is 35.6 Å². The lowest BCUT2D eigenvalue weighted by atomic mass is 9.91. The second kappa shape index (κ2) is 9.46. The van der Waals surface area contributed by atoms with Crippen molar-refractivity contribution < 1.29 is 8.42 Å². The number of nitrogens with one attached hydrogen (secondary N) is 1. The molecule has 4 rings (SSSR count). The fourth-order valence-corrected chi connectivity index (χ4v) is 5.01. The van der Waals surface area contributed by atoms with E-state index in [2.05, 4.69) is 39.4 Å². The van der Waals surface area contributed by atoms with Crippen LogP contribution in [0.2, 0.25) is 0 Å². The smallest absolute Gasteiger partial charge is 0.208 e. The number of unbranched alkanes of at least 4 members (excludes halogenated alkanes) is 1. The highest BCUT2D eigenvalue weighted by atomic mass is 32.2. The van der Waals surface area contributed by atoms with Gasteiger partial charge in [-0.3, -0.25) is 9.88 Å². The van der Waals surface area contributed by atoms with E-state index in [0.29, 0.717) is 12.6 Å². The van der Waals surface area contributed by atoms with Crippen LogP contribution in [0.15, 0.2) is 42.6 Å². The molecule has 3 aromatic rings. The third-order valence-electron chi connectivity index (χ3n) is 5.99. The molecule has 0 spiro atoms. The van der Waals surface area contributed by atoms with E-state index in [9.17, 15) is 8.42 Å². The standard InChI is InChI=1S/C23H31N5O2S/c1-27(21-13-7-9-18-10-8-14-24-23(18)21)17-22-26-19-11-3-4-12-20(19)28(22)16-6-5-15-25-31(2,29)30/h3-4,8,10-12,14,21,25H,5-7,9,13,15-17H2,1-2H3/t21-/m0/s1. The largest absolute Gasteiger partial charge is 0.327 e. The van der Waals surface area contributed by atoms with E-state index < -0.39 is 10.0 Å². The molecule has 7 nitrogen and oxygen atoms in total. The van der Waals surface area contributed by atoms with Crippen LogP contribution in [-0.2, 0) is 29.5 Å². The fraction of sp³-hybridized carbons (Fsp3) is 0.478. The molecule has 31 heavy (non-hydrogen) atoms. The monoisotopic (exact) mass is 441 g/mol.